The molecule has 0 aromatic heterocycles. The van der Waals surface area contributed by atoms with Crippen LogP contribution in [-0.2, 0) is 16.0 Å². The number of carbonyl (C=O) groups is 1. The van der Waals surface area contributed by atoms with E-state index in [1.165, 1.54) is 6.08 Å². The minimum atomic E-state index is -0.327. The van der Waals surface area contributed by atoms with Crippen LogP contribution in [-0.4, -0.2) is 12.6 Å². The van der Waals surface area contributed by atoms with Gasteiger partial charge in [0.05, 0.1) is 6.61 Å². The van der Waals surface area contributed by atoms with Gasteiger partial charge in [-0.05, 0) is 24.6 Å². The smallest absolute Gasteiger partial charge is 0.332 e. The van der Waals surface area contributed by atoms with E-state index in [0.717, 1.165) is 16.9 Å². The highest BCUT2D eigenvalue weighted by atomic mass is 16.5. The lowest BCUT2D eigenvalue weighted by atomic mass is 10.1. The molecule has 0 spiro atoms. The molecule has 3 nitrogen and oxygen atoms in total. The maximum atomic E-state index is 11.7. The van der Waals surface area contributed by atoms with Gasteiger partial charge in [0.15, 0.2) is 0 Å². The SMILES string of the molecule is CCOC(=O)C=C(Cc1ccccc1)Nc1ccccc1. The van der Waals surface area contributed by atoms with E-state index in [9.17, 15) is 4.79 Å². The zero-order chi connectivity index (χ0) is 14.9. The maximum Gasteiger partial charge on any atom is 0.332 e. The molecule has 0 fully saturated rings. The molecule has 21 heavy (non-hydrogen) atoms. The van der Waals surface area contributed by atoms with Crippen LogP contribution in [0.25, 0.3) is 0 Å². The summed E-state index contributed by atoms with van der Waals surface area (Å²) in [4.78, 5) is 11.7. The van der Waals surface area contributed by atoms with E-state index in [4.69, 9.17) is 4.74 Å². The molecule has 0 bridgehead atoms. The first-order valence-electron chi connectivity index (χ1n) is 7.01. The van der Waals surface area contributed by atoms with Gasteiger partial charge in [0.1, 0.15) is 0 Å². The van der Waals surface area contributed by atoms with Gasteiger partial charge >= 0.3 is 5.97 Å². The Morgan fingerprint density at radius 2 is 1.67 bits per heavy atom. The Balaban J connectivity index is 2.16. The van der Waals surface area contributed by atoms with Crippen LogP contribution in [0.15, 0.2) is 72.4 Å². The zero-order valence-corrected chi connectivity index (χ0v) is 12.1. The summed E-state index contributed by atoms with van der Waals surface area (Å²) in [6.07, 6.45) is 2.16. The van der Waals surface area contributed by atoms with Crippen molar-refractivity contribution >= 4 is 11.7 Å². The summed E-state index contributed by atoms with van der Waals surface area (Å²) in [6.45, 7) is 2.17. The Bertz CT molecular complexity index is 548. The summed E-state index contributed by atoms with van der Waals surface area (Å²) in [5, 5.41) is 3.28. The number of hydrogen-bond donors (Lipinski definition) is 1. The fraction of sp³-hybridized carbons (Fsp3) is 0.167. The van der Waals surface area contributed by atoms with Crippen molar-refractivity contribution < 1.29 is 9.53 Å². The Morgan fingerprint density at radius 1 is 1.05 bits per heavy atom. The molecule has 2 aromatic rings. The van der Waals surface area contributed by atoms with Gasteiger partial charge in [-0.3, -0.25) is 0 Å². The second kappa shape index (κ2) is 7.90. The summed E-state index contributed by atoms with van der Waals surface area (Å²) in [6, 6.07) is 19.8. The summed E-state index contributed by atoms with van der Waals surface area (Å²) >= 11 is 0. The number of allylic oxidation sites excluding steroid dienone is 1. The summed E-state index contributed by atoms with van der Waals surface area (Å²) in [5.41, 5.74) is 2.89. The van der Waals surface area contributed by atoms with Gasteiger partial charge < -0.3 is 10.1 Å². The van der Waals surface area contributed by atoms with Crippen LogP contribution >= 0.6 is 0 Å². The third kappa shape index (κ3) is 5.15. The molecule has 2 rings (SSSR count). The van der Waals surface area contributed by atoms with Crippen molar-refractivity contribution in [3.05, 3.63) is 78.0 Å². The number of hydrogen-bond acceptors (Lipinski definition) is 3. The molecule has 3 heteroatoms. The largest absolute Gasteiger partial charge is 0.463 e. The summed E-state index contributed by atoms with van der Waals surface area (Å²) in [7, 11) is 0. The highest BCUT2D eigenvalue weighted by Gasteiger charge is 2.05. The first kappa shape index (κ1) is 14.9. The maximum absolute atomic E-state index is 11.7. The van der Waals surface area contributed by atoms with Gasteiger partial charge in [0.2, 0.25) is 0 Å². The van der Waals surface area contributed by atoms with E-state index in [1.54, 1.807) is 6.92 Å². The van der Waals surface area contributed by atoms with Crippen molar-refractivity contribution in [2.75, 3.05) is 11.9 Å². The first-order valence-corrected chi connectivity index (χ1v) is 7.01. The molecule has 0 aliphatic rings. The molecular weight excluding hydrogens is 262 g/mol. The van der Waals surface area contributed by atoms with Crippen molar-refractivity contribution in [1.82, 2.24) is 0 Å². The van der Waals surface area contributed by atoms with E-state index in [0.29, 0.717) is 13.0 Å². The fourth-order valence-electron chi connectivity index (χ4n) is 1.98. The van der Waals surface area contributed by atoms with Crippen molar-refractivity contribution in [2.24, 2.45) is 0 Å². The Kier molecular flexibility index (Phi) is 5.59. The first-order chi connectivity index (χ1) is 10.3. The molecule has 0 aliphatic carbocycles. The lowest BCUT2D eigenvalue weighted by Gasteiger charge is -2.11. The van der Waals surface area contributed by atoms with Crippen molar-refractivity contribution in [3.8, 4) is 0 Å². The molecule has 0 radical (unpaired) electrons. The number of nitrogens with one attached hydrogen (secondary N) is 1. The molecule has 1 N–H and O–H groups in total. The van der Waals surface area contributed by atoms with Crippen LogP contribution in [0, 0.1) is 0 Å². The van der Waals surface area contributed by atoms with Gasteiger partial charge in [-0.1, -0.05) is 48.5 Å². The van der Waals surface area contributed by atoms with Crippen LogP contribution in [0.2, 0.25) is 0 Å². The van der Waals surface area contributed by atoms with Crippen LogP contribution in [0.1, 0.15) is 12.5 Å². The van der Waals surface area contributed by atoms with Crippen molar-refractivity contribution in [3.63, 3.8) is 0 Å². The summed E-state index contributed by atoms with van der Waals surface area (Å²) in [5.74, 6) is -0.327. The molecule has 108 valence electrons. The fourth-order valence-corrected chi connectivity index (χ4v) is 1.98. The molecule has 2 aromatic carbocycles. The Hall–Kier alpha value is -2.55. The van der Waals surface area contributed by atoms with Gasteiger partial charge in [0.25, 0.3) is 0 Å². The standard InChI is InChI=1S/C18H19NO2/c1-2-21-18(20)14-17(13-15-9-5-3-6-10-15)19-16-11-7-4-8-12-16/h3-12,14,19H,2,13H2,1H3. The quantitative estimate of drug-likeness (QED) is 0.646. The van der Waals surface area contributed by atoms with Crippen LogP contribution in [0.4, 0.5) is 5.69 Å². The second-order valence-corrected chi connectivity index (χ2v) is 4.58. The number of benzene rings is 2. The second-order valence-electron chi connectivity index (χ2n) is 4.58. The number of anilines is 1. The van der Waals surface area contributed by atoms with E-state index in [2.05, 4.69) is 5.32 Å². The number of rotatable bonds is 6. The van der Waals surface area contributed by atoms with Crippen LogP contribution in [0.5, 0.6) is 0 Å². The van der Waals surface area contributed by atoms with Gasteiger partial charge in [0, 0.05) is 23.9 Å². The molecular formula is C18H19NO2. The highest BCUT2D eigenvalue weighted by Crippen LogP contribution is 2.13. The van der Waals surface area contributed by atoms with Crippen LogP contribution < -0.4 is 5.32 Å². The topological polar surface area (TPSA) is 38.3 Å². The molecule has 0 amide bonds. The lowest BCUT2D eigenvalue weighted by Crippen LogP contribution is -2.08. The van der Waals surface area contributed by atoms with E-state index < -0.39 is 0 Å². The van der Waals surface area contributed by atoms with Gasteiger partial charge in [-0.2, -0.15) is 0 Å². The number of para-hydroxylation sites is 1. The Morgan fingerprint density at radius 3 is 2.29 bits per heavy atom. The predicted molar refractivity (Wildman–Crippen MR) is 84.9 cm³/mol. The Labute approximate surface area is 125 Å². The van der Waals surface area contributed by atoms with Gasteiger partial charge in [-0.15, -0.1) is 0 Å². The molecule has 0 saturated carbocycles. The summed E-state index contributed by atoms with van der Waals surface area (Å²) < 4.78 is 4.99. The minimum absolute atomic E-state index is 0.327. The lowest BCUT2D eigenvalue weighted by molar-refractivity contribution is -0.137. The van der Waals surface area contributed by atoms with Crippen molar-refractivity contribution in [1.29, 1.82) is 0 Å². The van der Waals surface area contributed by atoms with E-state index >= 15 is 0 Å². The average Bonchev–Trinajstić information content (AvgIpc) is 2.49. The molecule has 0 heterocycles. The molecule has 0 aliphatic heterocycles. The minimum Gasteiger partial charge on any atom is -0.463 e. The third-order valence-electron chi connectivity index (χ3n) is 2.89. The van der Waals surface area contributed by atoms with E-state index in [1.807, 2.05) is 60.7 Å². The average molecular weight is 281 g/mol. The monoisotopic (exact) mass is 281 g/mol. The number of ether oxygens (including phenoxy) is 1. The molecule has 0 saturated heterocycles. The third-order valence-corrected chi connectivity index (χ3v) is 2.89. The normalized spacial score (nSPS) is 11.0. The molecule has 0 atom stereocenters. The predicted octanol–water partition coefficient (Wildman–Crippen LogP) is 3.79. The number of carbonyl (C=O) groups excluding carboxylic acids is 1. The van der Waals surface area contributed by atoms with E-state index in [-0.39, 0.29) is 5.97 Å². The van der Waals surface area contributed by atoms with Crippen molar-refractivity contribution in [2.45, 2.75) is 13.3 Å². The van der Waals surface area contributed by atoms with Gasteiger partial charge in [-0.25, -0.2) is 4.79 Å². The zero-order valence-electron chi connectivity index (χ0n) is 12.1. The van der Waals surface area contributed by atoms with Crippen LogP contribution in [0.3, 0.4) is 0 Å². The molecule has 0 unspecified atom stereocenters. The highest BCUT2D eigenvalue weighted by molar-refractivity contribution is 5.83. The number of esters is 1.